The second-order valence-electron chi connectivity index (χ2n) is 3.64. The summed E-state index contributed by atoms with van der Waals surface area (Å²) < 4.78 is 10.2. The summed E-state index contributed by atoms with van der Waals surface area (Å²) in [6, 6.07) is 0. The number of allylic oxidation sites excluding steroid dienone is 1. The Morgan fingerprint density at radius 3 is 2.38 bits per heavy atom. The molecular weight excluding hydrogens is 323 g/mol. The molecule has 5 heteroatoms. The predicted octanol–water partition coefficient (Wildman–Crippen LogP) is 1.86. The summed E-state index contributed by atoms with van der Waals surface area (Å²) >= 11 is 2.15. The molecule has 0 N–H and O–H groups in total. The molecule has 0 saturated heterocycles. The molecule has 16 heavy (non-hydrogen) atoms. The SMILES string of the molecule is COC(=O)C1(C(=O)OC)CCCC=C1CI. The van der Waals surface area contributed by atoms with E-state index in [9.17, 15) is 9.59 Å². The molecule has 90 valence electrons. The van der Waals surface area contributed by atoms with Crippen LogP contribution in [0.2, 0.25) is 0 Å². The maximum atomic E-state index is 11.9. The van der Waals surface area contributed by atoms with Gasteiger partial charge in [0, 0.05) is 4.43 Å². The van der Waals surface area contributed by atoms with Gasteiger partial charge in [-0.25, -0.2) is 0 Å². The van der Waals surface area contributed by atoms with Crippen molar-refractivity contribution in [3.8, 4) is 0 Å². The van der Waals surface area contributed by atoms with Crippen molar-refractivity contribution in [1.82, 2.24) is 0 Å². The van der Waals surface area contributed by atoms with Crippen LogP contribution in [-0.2, 0) is 19.1 Å². The third-order valence-electron chi connectivity index (χ3n) is 2.91. The van der Waals surface area contributed by atoms with Crippen LogP contribution in [0, 0.1) is 5.41 Å². The van der Waals surface area contributed by atoms with Crippen molar-refractivity contribution < 1.29 is 19.1 Å². The lowest BCUT2D eigenvalue weighted by atomic mass is 9.73. The van der Waals surface area contributed by atoms with E-state index in [0.29, 0.717) is 10.8 Å². The van der Waals surface area contributed by atoms with Gasteiger partial charge in [0.25, 0.3) is 0 Å². The number of methoxy groups -OCH3 is 2. The zero-order chi connectivity index (χ0) is 12.2. The molecule has 0 spiro atoms. The minimum absolute atomic E-state index is 0.473. The second kappa shape index (κ2) is 5.65. The number of hydrogen-bond acceptors (Lipinski definition) is 4. The lowest BCUT2D eigenvalue weighted by Crippen LogP contribution is -2.44. The lowest BCUT2D eigenvalue weighted by Gasteiger charge is -2.32. The van der Waals surface area contributed by atoms with E-state index in [1.807, 2.05) is 6.08 Å². The van der Waals surface area contributed by atoms with E-state index < -0.39 is 17.4 Å². The Morgan fingerprint density at radius 2 is 1.94 bits per heavy atom. The van der Waals surface area contributed by atoms with Crippen molar-refractivity contribution in [2.75, 3.05) is 18.6 Å². The Balaban J connectivity index is 3.21. The highest BCUT2D eigenvalue weighted by Gasteiger charge is 2.51. The summed E-state index contributed by atoms with van der Waals surface area (Å²) in [4.78, 5) is 23.8. The van der Waals surface area contributed by atoms with Crippen LogP contribution < -0.4 is 0 Å². The van der Waals surface area contributed by atoms with E-state index in [1.54, 1.807) is 0 Å². The van der Waals surface area contributed by atoms with E-state index in [1.165, 1.54) is 14.2 Å². The standard InChI is InChI=1S/C11H15IO4/c1-15-9(13)11(10(14)16-2)6-4-3-5-8(11)7-12/h5H,3-4,6-7H2,1-2H3. The van der Waals surface area contributed by atoms with Crippen LogP contribution in [0.15, 0.2) is 11.6 Å². The summed E-state index contributed by atoms with van der Waals surface area (Å²) in [5.74, 6) is -1.02. The van der Waals surface area contributed by atoms with Crippen molar-refractivity contribution in [3.63, 3.8) is 0 Å². The number of ether oxygens (including phenoxy) is 2. The van der Waals surface area contributed by atoms with E-state index >= 15 is 0 Å². The van der Waals surface area contributed by atoms with Crippen LogP contribution >= 0.6 is 22.6 Å². The zero-order valence-electron chi connectivity index (χ0n) is 9.42. The van der Waals surface area contributed by atoms with E-state index in [0.717, 1.165) is 18.4 Å². The normalized spacial score (nSPS) is 18.6. The highest BCUT2D eigenvalue weighted by atomic mass is 127. The maximum absolute atomic E-state index is 11.9. The zero-order valence-corrected chi connectivity index (χ0v) is 11.6. The molecule has 1 aliphatic carbocycles. The van der Waals surface area contributed by atoms with Gasteiger partial charge in [-0.3, -0.25) is 9.59 Å². The Kier molecular flexibility index (Phi) is 4.76. The summed E-state index contributed by atoms with van der Waals surface area (Å²) in [6.45, 7) is 0. The summed E-state index contributed by atoms with van der Waals surface area (Å²) in [6.07, 6.45) is 4.11. The number of hydrogen-bond donors (Lipinski definition) is 0. The van der Waals surface area contributed by atoms with Crippen LogP contribution in [0.3, 0.4) is 0 Å². The molecule has 0 bridgehead atoms. The maximum Gasteiger partial charge on any atom is 0.327 e. The molecule has 4 nitrogen and oxygen atoms in total. The Labute approximate surface area is 109 Å². The van der Waals surface area contributed by atoms with Gasteiger partial charge in [0.2, 0.25) is 0 Å². The van der Waals surface area contributed by atoms with Crippen LogP contribution in [0.1, 0.15) is 19.3 Å². The molecule has 0 aromatic carbocycles. The number of esters is 2. The highest BCUT2D eigenvalue weighted by molar-refractivity contribution is 14.1. The fourth-order valence-electron chi connectivity index (χ4n) is 2.05. The summed E-state index contributed by atoms with van der Waals surface area (Å²) in [5.41, 5.74) is -0.402. The van der Waals surface area contributed by atoms with Crippen LogP contribution in [0.25, 0.3) is 0 Å². The Bertz CT molecular complexity index is 306. The van der Waals surface area contributed by atoms with E-state index in [2.05, 4.69) is 22.6 Å². The first-order valence-corrected chi connectivity index (χ1v) is 6.58. The fourth-order valence-corrected chi connectivity index (χ4v) is 3.01. The topological polar surface area (TPSA) is 52.6 Å². The van der Waals surface area contributed by atoms with Gasteiger partial charge in [-0.2, -0.15) is 0 Å². The number of carbonyl (C=O) groups excluding carboxylic acids is 2. The van der Waals surface area contributed by atoms with Gasteiger partial charge in [0.1, 0.15) is 0 Å². The average molecular weight is 338 g/mol. The molecule has 0 radical (unpaired) electrons. The third-order valence-corrected chi connectivity index (χ3v) is 3.73. The van der Waals surface area contributed by atoms with Crippen molar-refractivity contribution in [1.29, 1.82) is 0 Å². The molecule has 0 unspecified atom stereocenters. The highest BCUT2D eigenvalue weighted by Crippen LogP contribution is 2.40. The molecule has 0 heterocycles. The number of halogens is 1. The van der Waals surface area contributed by atoms with Crippen molar-refractivity contribution in [2.45, 2.75) is 19.3 Å². The quantitative estimate of drug-likeness (QED) is 0.259. The van der Waals surface area contributed by atoms with Gasteiger partial charge < -0.3 is 9.47 Å². The second-order valence-corrected chi connectivity index (χ2v) is 4.41. The molecule has 0 fully saturated rings. The number of carbonyl (C=O) groups is 2. The Hall–Kier alpha value is -0.590. The first kappa shape index (κ1) is 13.5. The molecule has 1 aliphatic rings. The van der Waals surface area contributed by atoms with E-state index in [-0.39, 0.29) is 0 Å². The molecule has 0 amide bonds. The molecule has 0 aliphatic heterocycles. The van der Waals surface area contributed by atoms with Crippen LogP contribution in [0.4, 0.5) is 0 Å². The Morgan fingerprint density at radius 1 is 1.38 bits per heavy atom. The lowest BCUT2D eigenvalue weighted by molar-refractivity contribution is -0.166. The minimum atomic E-state index is -1.21. The largest absolute Gasteiger partial charge is 0.468 e. The fraction of sp³-hybridized carbons (Fsp3) is 0.636. The number of alkyl halides is 1. The third kappa shape index (κ3) is 2.09. The summed E-state index contributed by atoms with van der Waals surface area (Å²) in [5, 5.41) is 0. The van der Waals surface area contributed by atoms with Crippen LogP contribution in [0.5, 0.6) is 0 Å². The van der Waals surface area contributed by atoms with Gasteiger partial charge in [-0.05, 0) is 24.8 Å². The monoisotopic (exact) mass is 338 g/mol. The molecule has 0 aromatic rings. The molecule has 0 aromatic heterocycles. The molecular formula is C11H15IO4. The van der Waals surface area contributed by atoms with Gasteiger partial charge in [-0.15, -0.1) is 0 Å². The van der Waals surface area contributed by atoms with Crippen molar-refractivity contribution in [3.05, 3.63) is 11.6 Å². The van der Waals surface area contributed by atoms with Crippen molar-refractivity contribution >= 4 is 34.5 Å². The molecule has 1 rings (SSSR count). The van der Waals surface area contributed by atoms with Gasteiger partial charge in [0.05, 0.1) is 14.2 Å². The van der Waals surface area contributed by atoms with E-state index in [4.69, 9.17) is 9.47 Å². The van der Waals surface area contributed by atoms with Gasteiger partial charge in [-0.1, -0.05) is 28.7 Å². The molecule has 0 saturated carbocycles. The van der Waals surface area contributed by atoms with Crippen LogP contribution in [-0.4, -0.2) is 30.6 Å². The first-order chi connectivity index (χ1) is 7.63. The summed E-state index contributed by atoms with van der Waals surface area (Å²) in [7, 11) is 2.60. The predicted molar refractivity (Wildman–Crippen MR) is 67.3 cm³/mol. The first-order valence-electron chi connectivity index (χ1n) is 5.05. The smallest absolute Gasteiger partial charge is 0.327 e. The number of rotatable bonds is 3. The minimum Gasteiger partial charge on any atom is -0.468 e. The average Bonchev–Trinajstić information content (AvgIpc) is 2.36. The molecule has 0 atom stereocenters. The van der Waals surface area contributed by atoms with Gasteiger partial charge in [0.15, 0.2) is 5.41 Å². The van der Waals surface area contributed by atoms with Crippen molar-refractivity contribution in [2.24, 2.45) is 5.41 Å². The van der Waals surface area contributed by atoms with Gasteiger partial charge >= 0.3 is 11.9 Å².